The van der Waals surface area contributed by atoms with E-state index in [0.717, 1.165) is 11.4 Å². The minimum absolute atomic E-state index is 0.173. The molecule has 0 saturated carbocycles. The second-order valence-electron chi connectivity index (χ2n) is 7.16. The fraction of sp³-hybridized carbons (Fsp3) is 0.227. The van der Waals surface area contributed by atoms with E-state index in [4.69, 9.17) is 0 Å². The number of anilines is 2. The number of hydrogen-bond acceptors (Lipinski definition) is 4. The van der Waals surface area contributed by atoms with Crippen molar-refractivity contribution in [1.29, 1.82) is 0 Å². The number of hydrogen-bond donors (Lipinski definition) is 1. The molecule has 2 heterocycles. The number of carbonyl (C=O) groups is 1. The summed E-state index contributed by atoms with van der Waals surface area (Å²) in [5.74, 6) is -0.382. The van der Waals surface area contributed by atoms with Crippen molar-refractivity contribution < 1.29 is 13.6 Å². The van der Waals surface area contributed by atoms with Crippen molar-refractivity contribution in [3.8, 4) is 11.3 Å². The summed E-state index contributed by atoms with van der Waals surface area (Å²) in [5.41, 5.74) is 1.66. The molecule has 0 atom stereocenters. The number of benzene rings is 2. The van der Waals surface area contributed by atoms with Gasteiger partial charge in [0, 0.05) is 29.0 Å². The highest BCUT2D eigenvalue weighted by Gasteiger charge is 2.26. The average molecular weight is 473 g/mol. The van der Waals surface area contributed by atoms with E-state index in [2.05, 4.69) is 36.3 Å². The summed E-state index contributed by atoms with van der Waals surface area (Å²) in [4.78, 5) is 14.6. The Morgan fingerprint density at radius 1 is 1.00 bits per heavy atom. The van der Waals surface area contributed by atoms with Gasteiger partial charge in [0.05, 0.1) is 11.4 Å². The molecule has 1 aliphatic heterocycles. The molecule has 1 aliphatic rings. The van der Waals surface area contributed by atoms with Crippen molar-refractivity contribution in [3.63, 3.8) is 0 Å². The molecule has 3 aromatic rings. The highest BCUT2D eigenvalue weighted by atomic mass is 79.9. The van der Waals surface area contributed by atoms with Gasteiger partial charge in [0.25, 0.3) is 0 Å². The monoisotopic (exact) mass is 472 g/mol. The van der Waals surface area contributed by atoms with Crippen LogP contribution in [-0.4, -0.2) is 29.2 Å². The molecule has 0 bridgehead atoms. The van der Waals surface area contributed by atoms with Crippen molar-refractivity contribution >= 4 is 33.3 Å². The van der Waals surface area contributed by atoms with Crippen molar-refractivity contribution in [2.24, 2.45) is 5.92 Å². The van der Waals surface area contributed by atoms with E-state index in [9.17, 15) is 13.6 Å². The van der Waals surface area contributed by atoms with Gasteiger partial charge in [-0.25, -0.2) is 8.78 Å². The van der Waals surface area contributed by atoms with Crippen molar-refractivity contribution in [3.05, 3.63) is 70.7 Å². The Morgan fingerprint density at radius 2 is 1.73 bits per heavy atom. The van der Waals surface area contributed by atoms with Crippen LogP contribution in [-0.2, 0) is 4.79 Å². The lowest BCUT2D eigenvalue weighted by molar-refractivity contribution is -0.120. The van der Waals surface area contributed by atoms with E-state index in [1.807, 2.05) is 12.1 Å². The summed E-state index contributed by atoms with van der Waals surface area (Å²) >= 11 is 3.20. The summed E-state index contributed by atoms with van der Waals surface area (Å²) in [5, 5.41) is 11.2. The van der Waals surface area contributed by atoms with E-state index < -0.39 is 5.82 Å². The van der Waals surface area contributed by atoms with Gasteiger partial charge < -0.3 is 10.2 Å². The molecule has 1 amide bonds. The molecule has 1 aromatic heterocycles. The molecule has 0 unspecified atom stereocenters. The first kappa shape index (κ1) is 20.4. The number of nitrogens with zero attached hydrogens (tertiary/aromatic N) is 3. The molecule has 0 spiro atoms. The summed E-state index contributed by atoms with van der Waals surface area (Å²) in [6, 6.07) is 14.4. The summed E-state index contributed by atoms with van der Waals surface area (Å²) in [6.07, 6.45) is 1.29. The van der Waals surface area contributed by atoms with Crippen LogP contribution in [0.2, 0.25) is 0 Å². The van der Waals surface area contributed by atoms with E-state index in [1.165, 1.54) is 18.2 Å². The first-order chi connectivity index (χ1) is 14.5. The van der Waals surface area contributed by atoms with E-state index in [0.29, 0.717) is 36.1 Å². The second-order valence-corrected chi connectivity index (χ2v) is 8.07. The standard InChI is InChI=1S/C22H19BrF2N4O/c23-16-3-6-20(18(25)13-16)26-22(30)15-9-11-29(12-10-15)21-8-7-19(27-28-21)14-1-4-17(24)5-2-14/h1-8,13,15H,9-12H2,(H,26,30). The lowest BCUT2D eigenvalue weighted by Gasteiger charge is -2.31. The Balaban J connectivity index is 1.34. The van der Waals surface area contributed by atoms with Crippen LogP contribution >= 0.6 is 15.9 Å². The Kier molecular flexibility index (Phi) is 6.03. The maximum atomic E-state index is 13.9. The van der Waals surface area contributed by atoms with Crippen LogP contribution < -0.4 is 10.2 Å². The van der Waals surface area contributed by atoms with E-state index in [1.54, 1.807) is 24.3 Å². The second kappa shape index (κ2) is 8.87. The van der Waals surface area contributed by atoms with Gasteiger partial charge in [-0.05, 0) is 67.4 Å². The highest BCUT2D eigenvalue weighted by Crippen LogP contribution is 2.26. The number of amides is 1. The molecular weight excluding hydrogens is 454 g/mol. The molecule has 2 aromatic carbocycles. The lowest BCUT2D eigenvalue weighted by Crippen LogP contribution is -2.38. The van der Waals surface area contributed by atoms with Crippen LogP contribution in [0.15, 0.2) is 59.1 Å². The fourth-order valence-corrected chi connectivity index (χ4v) is 3.80. The van der Waals surface area contributed by atoms with Gasteiger partial charge >= 0.3 is 0 Å². The largest absolute Gasteiger partial charge is 0.355 e. The number of carbonyl (C=O) groups excluding carboxylic acids is 1. The smallest absolute Gasteiger partial charge is 0.227 e. The minimum Gasteiger partial charge on any atom is -0.355 e. The van der Waals surface area contributed by atoms with Gasteiger partial charge in [-0.15, -0.1) is 10.2 Å². The highest BCUT2D eigenvalue weighted by molar-refractivity contribution is 9.10. The van der Waals surface area contributed by atoms with Crippen LogP contribution in [0, 0.1) is 17.6 Å². The first-order valence-corrected chi connectivity index (χ1v) is 10.4. The number of nitrogens with one attached hydrogen (secondary N) is 1. The zero-order valence-electron chi connectivity index (χ0n) is 16.0. The van der Waals surface area contributed by atoms with Gasteiger partial charge in [-0.3, -0.25) is 4.79 Å². The number of halogens is 3. The van der Waals surface area contributed by atoms with Crippen molar-refractivity contribution in [2.45, 2.75) is 12.8 Å². The van der Waals surface area contributed by atoms with E-state index in [-0.39, 0.29) is 23.3 Å². The summed E-state index contributed by atoms with van der Waals surface area (Å²) < 4.78 is 27.6. The quantitative estimate of drug-likeness (QED) is 0.577. The third-order valence-corrected chi connectivity index (χ3v) is 5.66. The molecule has 0 aliphatic carbocycles. The number of piperidine rings is 1. The molecule has 154 valence electrons. The maximum Gasteiger partial charge on any atom is 0.227 e. The molecular formula is C22H19BrF2N4O. The Morgan fingerprint density at radius 3 is 2.37 bits per heavy atom. The van der Waals surface area contributed by atoms with Gasteiger partial charge in [0.1, 0.15) is 11.6 Å². The third-order valence-electron chi connectivity index (χ3n) is 5.17. The normalized spacial score (nSPS) is 14.6. The van der Waals surface area contributed by atoms with Crippen molar-refractivity contribution in [1.82, 2.24) is 10.2 Å². The number of rotatable bonds is 4. The van der Waals surface area contributed by atoms with Crippen LogP contribution in [0.4, 0.5) is 20.3 Å². The summed E-state index contributed by atoms with van der Waals surface area (Å²) in [7, 11) is 0. The molecule has 1 fully saturated rings. The van der Waals surface area contributed by atoms with Gasteiger partial charge in [-0.1, -0.05) is 15.9 Å². The molecule has 8 heteroatoms. The predicted molar refractivity (Wildman–Crippen MR) is 115 cm³/mol. The van der Waals surface area contributed by atoms with Gasteiger partial charge in [0.15, 0.2) is 5.82 Å². The van der Waals surface area contributed by atoms with Crippen molar-refractivity contribution in [2.75, 3.05) is 23.3 Å². The molecule has 5 nitrogen and oxygen atoms in total. The molecule has 1 N–H and O–H groups in total. The Hall–Kier alpha value is -2.87. The summed E-state index contributed by atoms with van der Waals surface area (Å²) in [6.45, 7) is 1.32. The Bertz CT molecular complexity index is 1040. The first-order valence-electron chi connectivity index (χ1n) is 9.60. The maximum absolute atomic E-state index is 13.9. The third kappa shape index (κ3) is 4.64. The van der Waals surface area contributed by atoms with Crippen LogP contribution in [0.3, 0.4) is 0 Å². The topological polar surface area (TPSA) is 58.1 Å². The molecule has 0 radical (unpaired) electrons. The SMILES string of the molecule is O=C(Nc1ccc(Br)cc1F)C1CCN(c2ccc(-c3ccc(F)cc3)nn2)CC1. The zero-order valence-corrected chi connectivity index (χ0v) is 17.6. The Labute approximate surface area is 181 Å². The van der Waals surface area contributed by atoms with E-state index >= 15 is 0 Å². The van der Waals surface area contributed by atoms with Gasteiger partial charge in [0.2, 0.25) is 5.91 Å². The molecule has 4 rings (SSSR count). The van der Waals surface area contributed by atoms with Crippen LogP contribution in [0.25, 0.3) is 11.3 Å². The zero-order chi connectivity index (χ0) is 21.1. The van der Waals surface area contributed by atoms with Gasteiger partial charge in [-0.2, -0.15) is 0 Å². The predicted octanol–water partition coefficient (Wildman–Crippen LogP) is 5.04. The molecule has 30 heavy (non-hydrogen) atoms. The lowest BCUT2D eigenvalue weighted by atomic mass is 9.95. The van der Waals surface area contributed by atoms with Crippen LogP contribution in [0.5, 0.6) is 0 Å². The minimum atomic E-state index is -0.466. The molecule has 1 saturated heterocycles. The number of aromatic nitrogens is 2. The average Bonchev–Trinajstić information content (AvgIpc) is 2.76. The van der Waals surface area contributed by atoms with Crippen LogP contribution in [0.1, 0.15) is 12.8 Å². The fourth-order valence-electron chi connectivity index (χ4n) is 3.46.